The highest BCUT2D eigenvalue weighted by atomic mass is 32.2. The molecule has 0 atom stereocenters. The zero-order valence-corrected chi connectivity index (χ0v) is 11.2. The zero-order chi connectivity index (χ0) is 13.9. The minimum atomic E-state index is -3.67. The minimum Gasteiger partial charge on any atom is -0.325 e. The molecular weight excluding hydrogens is 264 g/mol. The third-order valence-electron chi connectivity index (χ3n) is 2.47. The van der Waals surface area contributed by atoms with Crippen LogP contribution < -0.4 is 10.5 Å². The van der Waals surface area contributed by atoms with Gasteiger partial charge in [-0.05, 0) is 30.7 Å². The van der Waals surface area contributed by atoms with Crippen LogP contribution in [0.5, 0.6) is 0 Å². The number of pyridine rings is 2. The van der Waals surface area contributed by atoms with E-state index in [0.29, 0.717) is 5.69 Å². The third-order valence-corrected chi connectivity index (χ3v) is 3.81. The number of rotatable bonds is 4. The van der Waals surface area contributed by atoms with Crippen LogP contribution in [0.15, 0.2) is 41.6 Å². The first kappa shape index (κ1) is 13.4. The number of hydrogen-bond donors (Lipinski definition) is 2. The molecule has 7 heteroatoms. The van der Waals surface area contributed by atoms with Gasteiger partial charge in [-0.3, -0.25) is 9.71 Å². The number of aryl methyl sites for hydroxylation is 1. The molecule has 2 aromatic heterocycles. The molecule has 0 amide bonds. The summed E-state index contributed by atoms with van der Waals surface area (Å²) in [5.74, 6) is 0.272. The van der Waals surface area contributed by atoms with Crippen molar-refractivity contribution in [2.45, 2.75) is 18.4 Å². The van der Waals surface area contributed by atoms with E-state index in [-0.39, 0.29) is 17.3 Å². The van der Waals surface area contributed by atoms with Gasteiger partial charge in [0.15, 0.2) is 0 Å². The third kappa shape index (κ3) is 3.27. The molecule has 0 spiro atoms. The molecule has 6 nitrogen and oxygen atoms in total. The van der Waals surface area contributed by atoms with Gasteiger partial charge in [0.05, 0.1) is 5.69 Å². The van der Waals surface area contributed by atoms with Crippen LogP contribution in [0.25, 0.3) is 0 Å². The maximum absolute atomic E-state index is 12.1. The fourth-order valence-electron chi connectivity index (χ4n) is 1.42. The predicted molar refractivity (Wildman–Crippen MR) is 71.9 cm³/mol. The fraction of sp³-hybridized carbons (Fsp3) is 0.167. The summed E-state index contributed by atoms with van der Waals surface area (Å²) >= 11 is 0. The Balaban J connectivity index is 2.24. The van der Waals surface area contributed by atoms with Gasteiger partial charge in [-0.2, -0.15) is 0 Å². The van der Waals surface area contributed by atoms with Crippen molar-refractivity contribution in [3.8, 4) is 0 Å². The molecule has 0 unspecified atom stereocenters. The van der Waals surface area contributed by atoms with Crippen molar-refractivity contribution in [3.05, 3.63) is 47.9 Å². The van der Waals surface area contributed by atoms with Crippen LogP contribution in [0, 0.1) is 6.92 Å². The molecule has 19 heavy (non-hydrogen) atoms. The Morgan fingerprint density at radius 2 is 1.95 bits per heavy atom. The smallest absolute Gasteiger partial charge is 0.264 e. The zero-order valence-electron chi connectivity index (χ0n) is 10.4. The number of nitrogens with two attached hydrogens (primary N) is 1. The van der Waals surface area contributed by atoms with E-state index in [9.17, 15) is 8.42 Å². The largest absolute Gasteiger partial charge is 0.325 e. The van der Waals surface area contributed by atoms with Crippen molar-refractivity contribution >= 4 is 15.8 Å². The van der Waals surface area contributed by atoms with E-state index in [4.69, 9.17) is 5.73 Å². The summed E-state index contributed by atoms with van der Waals surface area (Å²) < 4.78 is 26.5. The summed E-state index contributed by atoms with van der Waals surface area (Å²) in [7, 11) is -3.67. The molecule has 0 aromatic carbocycles. The normalized spacial score (nSPS) is 11.3. The van der Waals surface area contributed by atoms with Crippen LogP contribution >= 0.6 is 0 Å². The molecule has 2 rings (SSSR count). The molecule has 2 heterocycles. The summed E-state index contributed by atoms with van der Waals surface area (Å²) in [6.45, 7) is 2.15. The average molecular weight is 278 g/mol. The summed E-state index contributed by atoms with van der Waals surface area (Å²) in [5, 5.41) is 0. The Kier molecular flexibility index (Phi) is 3.77. The SMILES string of the molecule is Cc1ccc(NS(=O)(=O)c2ccc(CN)nc2)nc1. The number of nitrogens with zero attached hydrogens (tertiary/aromatic N) is 2. The minimum absolute atomic E-state index is 0.0760. The molecule has 3 N–H and O–H groups in total. The van der Waals surface area contributed by atoms with E-state index in [1.54, 1.807) is 24.4 Å². The van der Waals surface area contributed by atoms with E-state index >= 15 is 0 Å². The van der Waals surface area contributed by atoms with Gasteiger partial charge >= 0.3 is 0 Å². The topological polar surface area (TPSA) is 98.0 Å². The van der Waals surface area contributed by atoms with Crippen molar-refractivity contribution in [2.24, 2.45) is 5.73 Å². The Bertz CT molecular complexity index is 651. The Morgan fingerprint density at radius 1 is 1.16 bits per heavy atom. The van der Waals surface area contributed by atoms with Crippen LogP contribution in [0.2, 0.25) is 0 Å². The summed E-state index contributed by atoms with van der Waals surface area (Å²) in [5.41, 5.74) is 7.00. The molecule has 2 aromatic rings. The van der Waals surface area contributed by atoms with Crippen molar-refractivity contribution in [2.75, 3.05) is 4.72 Å². The molecule has 0 radical (unpaired) electrons. The van der Waals surface area contributed by atoms with Gasteiger partial charge in [0, 0.05) is 18.9 Å². The van der Waals surface area contributed by atoms with Crippen LogP contribution in [-0.2, 0) is 16.6 Å². The lowest BCUT2D eigenvalue weighted by molar-refractivity contribution is 0.600. The highest BCUT2D eigenvalue weighted by Gasteiger charge is 2.15. The molecule has 0 bridgehead atoms. The van der Waals surface area contributed by atoms with Gasteiger partial charge < -0.3 is 5.73 Å². The Labute approximate surface area is 111 Å². The first-order valence-corrected chi connectivity index (χ1v) is 7.10. The Hall–Kier alpha value is -1.99. The molecule has 0 aliphatic heterocycles. The fourth-order valence-corrected chi connectivity index (χ4v) is 2.37. The molecule has 0 aliphatic carbocycles. The van der Waals surface area contributed by atoms with Crippen LogP contribution in [0.3, 0.4) is 0 Å². The van der Waals surface area contributed by atoms with E-state index in [1.807, 2.05) is 6.92 Å². The number of nitrogens with one attached hydrogen (secondary N) is 1. The monoisotopic (exact) mass is 278 g/mol. The van der Waals surface area contributed by atoms with Gasteiger partial charge in [0.1, 0.15) is 10.7 Å². The lowest BCUT2D eigenvalue weighted by Crippen LogP contribution is -2.14. The average Bonchev–Trinajstić information content (AvgIpc) is 2.41. The first-order chi connectivity index (χ1) is 9.01. The van der Waals surface area contributed by atoms with Crippen molar-refractivity contribution < 1.29 is 8.42 Å². The Morgan fingerprint density at radius 3 is 2.47 bits per heavy atom. The second-order valence-corrected chi connectivity index (χ2v) is 5.70. The molecule has 100 valence electrons. The van der Waals surface area contributed by atoms with Crippen LogP contribution in [-0.4, -0.2) is 18.4 Å². The molecule has 0 aliphatic rings. The number of hydrogen-bond acceptors (Lipinski definition) is 5. The molecular formula is C12H14N4O2S. The maximum Gasteiger partial charge on any atom is 0.264 e. The van der Waals surface area contributed by atoms with Crippen LogP contribution in [0.4, 0.5) is 5.82 Å². The first-order valence-electron chi connectivity index (χ1n) is 5.62. The van der Waals surface area contributed by atoms with Crippen molar-refractivity contribution in [1.29, 1.82) is 0 Å². The number of sulfonamides is 1. The lowest BCUT2D eigenvalue weighted by Gasteiger charge is -2.07. The number of aromatic nitrogens is 2. The highest BCUT2D eigenvalue weighted by molar-refractivity contribution is 7.92. The van der Waals surface area contributed by atoms with E-state index in [0.717, 1.165) is 5.56 Å². The van der Waals surface area contributed by atoms with Crippen molar-refractivity contribution in [1.82, 2.24) is 9.97 Å². The summed E-state index contributed by atoms with van der Waals surface area (Å²) in [6, 6.07) is 6.43. The van der Waals surface area contributed by atoms with E-state index in [2.05, 4.69) is 14.7 Å². The molecule has 0 saturated carbocycles. The van der Waals surface area contributed by atoms with Crippen molar-refractivity contribution in [3.63, 3.8) is 0 Å². The predicted octanol–water partition coefficient (Wildman–Crippen LogP) is 1.04. The molecule has 0 saturated heterocycles. The lowest BCUT2D eigenvalue weighted by atomic mass is 10.3. The van der Waals surface area contributed by atoms with Gasteiger partial charge in [-0.1, -0.05) is 6.07 Å². The van der Waals surface area contributed by atoms with E-state index < -0.39 is 10.0 Å². The number of anilines is 1. The van der Waals surface area contributed by atoms with Gasteiger partial charge in [-0.15, -0.1) is 0 Å². The molecule has 0 fully saturated rings. The summed E-state index contributed by atoms with van der Waals surface area (Å²) in [6.07, 6.45) is 2.87. The highest BCUT2D eigenvalue weighted by Crippen LogP contribution is 2.13. The van der Waals surface area contributed by atoms with Gasteiger partial charge in [0.25, 0.3) is 10.0 Å². The van der Waals surface area contributed by atoms with Crippen LogP contribution in [0.1, 0.15) is 11.3 Å². The van der Waals surface area contributed by atoms with Gasteiger partial charge in [-0.25, -0.2) is 13.4 Å². The maximum atomic E-state index is 12.1. The quantitative estimate of drug-likeness (QED) is 0.871. The van der Waals surface area contributed by atoms with Gasteiger partial charge in [0.2, 0.25) is 0 Å². The van der Waals surface area contributed by atoms with E-state index in [1.165, 1.54) is 12.3 Å². The second-order valence-electron chi connectivity index (χ2n) is 4.02. The summed E-state index contributed by atoms with van der Waals surface area (Å²) in [4.78, 5) is 8.02. The second kappa shape index (κ2) is 5.33. The standard InChI is InChI=1S/C12H14N4O2S/c1-9-2-5-12(15-7-9)16-19(17,18)11-4-3-10(6-13)14-8-11/h2-5,7-8H,6,13H2,1H3,(H,15,16).